The molecule has 0 aliphatic heterocycles. The van der Waals surface area contributed by atoms with Crippen molar-refractivity contribution in [2.75, 3.05) is 0 Å². The Kier molecular flexibility index (Phi) is 2.81. The van der Waals surface area contributed by atoms with Gasteiger partial charge in [0.2, 0.25) is 0 Å². The Bertz CT molecular complexity index is 393. The molecule has 78 valence electrons. The Morgan fingerprint density at radius 1 is 1.40 bits per heavy atom. The molecule has 2 atom stereocenters. The third-order valence-electron chi connectivity index (χ3n) is 3.11. The van der Waals surface area contributed by atoms with Crippen LogP contribution in [0, 0.1) is 11.3 Å². The molecular formula is C12H13BrN2. The summed E-state index contributed by atoms with van der Waals surface area (Å²) < 4.78 is 1.09. The molecule has 0 unspecified atom stereocenters. The molecule has 1 saturated carbocycles. The van der Waals surface area contributed by atoms with Crippen LogP contribution in [-0.2, 0) is 0 Å². The molecule has 0 bridgehead atoms. The summed E-state index contributed by atoms with van der Waals surface area (Å²) in [5.41, 5.74) is 6.64. The summed E-state index contributed by atoms with van der Waals surface area (Å²) in [7, 11) is 0. The first-order valence-corrected chi connectivity index (χ1v) is 5.88. The molecule has 2 N–H and O–H groups in total. The quantitative estimate of drug-likeness (QED) is 0.848. The van der Waals surface area contributed by atoms with Gasteiger partial charge in [0.05, 0.1) is 6.07 Å². The minimum Gasteiger partial charge on any atom is -0.313 e. The monoisotopic (exact) mass is 264 g/mol. The maximum absolute atomic E-state index is 8.95. The van der Waals surface area contributed by atoms with Gasteiger partial charge in [-0.15, -0.1) is 0 Å². The van der Waals surface area contributed by atoms with Crippen molar-refractivity contribution in [1.82, 2.24) is 0 Å². The van der Waals surface area contributed by atoms with Crippen LogP contribution in [0.5, 0.6) is 0 Å². The molecule has 0 radical (unpaired) electrons. The molecule has 15 heavy (non-hydrogen) atoms. The molecule has 2 nitrogen and oxygen atoms in total. The Hall–Kier alpha value is -0.850. The van der Waals surface area contributed by atoms with Crippen LogP contribution in [-0.4, -0.2) is 5.54 Å². The highest BCUT2D eigenvalue weighted by molar-refractivity contribution is 9.10. The lowest BCUT2D eigenvalue weighted by molar-refractivity contribution is 0.553. The molecular weight excluding hydrogens is 252 g/mol. The van der Waals surface area contributed by atoms with Crippen molar-refractivity contribution in [3.8, 4) is 6.07 Å². The lowest BCUT2D eigenvalue weighted by Crippen LogP contribution is -2.34. The van der Waals surface area contributed by atoms with Crippen molar-refractivity contribution in [1.29, 1.82) is 5.26 Å². The van der Waals surface area contributed by atoms with E-state index in [-0.39, 0.29) is 0 Å². The van der Waals surface area contributed by atoms with Crippen molar-refractivity contribution in [3.63, 3.8) is 0 Å². The highest BCUT2D eigenvalue weighted by Crippen LogP contribution is 2.39. The average molecular weight is 265 g/mol. The Balaban J connectivity index is 2.15. The van der Waals surface area contributed by atoms with Crippen molar-refractivity contribution in [2.45, 2.75) is 30.7 Å². The first kappa shape index (κ1) is 10.7. The molecule has 3 heteroatoms. The third kappa shape index (κ3) is 2.22. The number of hydrogen-bond donors (Lipinski definition) is 1. The summed E-state index contributed by atoms with van der Waals surface area (Å²) in [6, 6.07) is 10.5. The zero-order valence-electron chi connectivity index (χ0n) is 8.41. The van der Waals surface area contributed by atoms with E-state index in [0.29, 0.717) is 5.92 Å². The molecule has 0 heterocycles. The number of rotatable bonds is 1. The van der Waals surface area contributed by atoms with E-state index in [1.54, 1.807) is 0 Å². The maximum Gasteiger partial charge on any atom is 0.104 e. The molecule has 2 rings (SSSR count). The van der Waals surface area contributed by atoms with Crippen molar-refractivity contribution in [2.24, 2.45) is 5.73 Å². The highest BCUT2D eigenvalue weighted by atomic mass is 79.9. The van der Waals surface area contributed by atoms with Gasteiger partial charge in [-0.2, -0.15) is 5.26 Å². The summed E-state index contributed by atoms with van der Waals surface area (Å²) in [5.74, 6) is 0.447. The lowest BCUT2D eigenvalue weighted by atomic mass is 9.94. The summed E-state index contributed by atoms with van der Waals surface area (Å²) in [4.78, 5) is 0. The topological polar surface area (TPSA) is 49.8 Å². The number of halogens is 1. The van der Waals surface area contributed by atoms with Gasteiger partial charge in [-0.25, -0.2) is 0 Å². The van der Waals surface area contributed by atoms with E-state index in [1.165, 1.54) is 5.56 Å². The van der Waals surface area contributed by atoms with Gasteiger partial charge in [0.15, 0.2) is 0 Å². The fraction of sp³-hybridized carbons (Fsp3) is 0.417. The largest absolute Gasteiger partial charge is 0.313 e. The minimum atomic E-state index is -0.599. The van der Waals surface area contributed by atoms with Gasteiger partial charge in [0.1, 0.15) is 5.54 Å². The number of benzene rings is 1. The summed E-state index contributed by atoms with van der Waals surface area (Å²) in [5, 5.41) is 8.95. The first-order valence-electron chi connectivity index (χ1n) is 5.08. The Labute approximate surface area is 98.2 Å². The van der Waals surface area contributed by atoms with Gasteiger partial charge in [-0.3, -0.25) is 0 Å². The average Bonchev–Trinajstić information content (AvgIpc) is 2.63. The van der Waals surface area contributed by atoms with Crippen LogP contribution in [0.3, 0.4) is 0 Å². The van der Waals surface area contributed by atoms with E-state index in [1.807, 2.05) is 12.1 Å². The predicted octanol–water partition coefficient (Wildman–Crippen LogP) is 2.94. The van der Waals surface area contributed by atoms with Gasteiger partial charge in [0.25, 0.3) is 0 Å². The molecule has 0 spiro atoms. The van der Waals surface area contributed by atoms with Crippen molar-refractivity contribution >= 4 is 15.9 Å². The van der Waals surface area contributed by atoms with E-state index in [4.69, 9.17) is 11.0 Å². The standard InChI is InChI=1S/C12H13BrN2/c13-11-3-1-9(2-4-11)10-5-6-12(15,7-10)8-14/h1-4,10H,5-7,15H2/t10-,12-/m1/s1. The van der Waals surface area contributed by atoms with Gasteiger partial charge < -0.3 is 5.73 Å². The van der Waals surface area contributed by atoms with Crippen molar-refractivity contribution in [3.05, 3.63) is 34.3 Å². The highest BCUT2D eigenvalue weighted by Gasteiger charge is 2.36. The zero-order valence-corrected chi connectivity index (χ0v) is 10.00. The van der Waals surface area contributed by atoms with Crippen LogP contribution in [0.4, 0.5) is 0 Å². The van der Waals surface area contributed by atoms with E-state index in [9.17, 15) is 0 Å². The van der Waals surface area contributed by atoms with Crippen LogP contribution in [0.1, 0.15) is 30.7 Å². The van der Waals surface area contributed by atoms with Crippen LogP contribution in [0.25, 0.3) is 0 Å². The summed E-state index contributed by atoms with van der Waals surface area (Å²) in [6.45, 7) is 0. The van der Waals surface area contributed by atoms with E-state index in [2.05, 4.69) is 34.1 Å². The fourth-order valence-electron chi connectivity index (χ4n) is 2.20. The van der Waals surface area contributed by atoms with E-state index < -0.39 is 5.54 Å². The van der Waals surface area contributed by atoms with E-state index in [0.717, 1.165) is 23.7 Å². The number of nitriles is 1. The van der Waals surface area contributed by atoms with E-state index >= 15 is 0 Å². The second-order valence-electron chi connectivity index (χ2n) is 4.26. The minimum absolute atomic E-state index is 0.447. The number of nitrogens with two attached hydrogens (primary N) is 1. The maximum atomic E-state index is 8.95. The predicted molar refractivity (Wildman–Crippen MR) is 63.3 cm³/mol. The molecule has 1 aromatic carbocycles. The molecule has 1 aromatic rings. The first-order chi connectivity index (χ1) is 7.13. The van der Waals surface area contributed by atoms with Gasteiger partial charge in [-0.1, -0.05) is 28.1 Å². The third-order valence-corrected chi connectivity index (χ3v) is 3.64. The molecule has 1 aliphatic carbocycles. The fourth-order valence-corrected chi connectivity index (χ4v) is 2.46. The van der Waals surface area contributed by atoms with Gasteiger partial charge in [0, 0.05) is 4.47 Å². The normalized spacial score (nSPS) is 30.1. The smallest absolute Gasteiger partial charge is 0.104 e. The summed E-state index contributed by atoms with van der Waals surface area (Å²) in [6.07, 6.45) is 2.61. The van der Waals surface area contributed by atoms with Gasteiger partial charge in [-0.05, 0) is 42.9 Å². The SMILES string of the molecule is N#C[C@@]1(N)CC[C@@H](c2ccc(Br)cc2)C1. The zero-order chi connectivity index (χ0) is 10.9. The van der Waals surface area contributed by atoms with Crippen LogP contribution >= 0.6 is 15.9 Å². The number of hydrogen-bond acceptors (Lipinski definition) is 2. The number of nitrogens with zero attached hydrogens (tertiary/aromatic N) is 1. The molecule has 0 saturated heterocycles. The Morgan fingerprint density at radius 3 is 2.60 bits per heavy atom. The summed E-state index contributed by atoms with van der Waals surface area (Å²) >= 11 is 3.41. The van der Waals surface area contributed by atoms with Crippen LogP contribution in [0.15, 0.2) is 28.7 Å². The van der Waals surface area contributed by atoms with Gasteiger partial charge >= 0.3 is 0 Å². The molecule has 0 amide bonds. The second kappa shape index (κ2) is 3.96. The molecule has 0 aromatic heterocycles. The second-order valence-corrected chi connectivity index (χ2v) is 5.17. The Morgan fingerprint density at radius 2 is 2.07 bits per heavy atom. The van der Waals surface area contributed by atoms with Crippen molar-refractivity contribution < 1.29 is 0 Å². The molecule has 1 aliphatic rings. The van der Waals surface area contributed by atoms with Crippen LogP contribution in [0.2, 0.25) is 0 Å². The van der Waals surface area contributed by atoms with Crippen LogP contribution < -0.4 is 5.73 Å². The lowest BCUT2D eigenvalue weighted by Gasteiger charge is -2.14. The molecule has 1 fully saturated rings.